The number of aromatic nitrogens is 3. The van der Waals surface area contributed by atoms with Crippen molar-refractivity contribution in [3.8, 4) is 0 Å². The Balaban J connectivity index is 1.51. The molecule has 0 atom stereocenters. The lowest BCUT2D eigenvalue weighted by molar-refractivity contribution is 0.0957. The number of allylic oxidation sites excluding steroid dienone is 1. The summed E-state index contributed by atoms with van der Waals surface area (Å²) in [6.45, 7) is 1.16. The van der Waals surface area contributed by atoms with E-state index in [1.807, 2.05) is 47.2 Å². The van der Waals surface area contributed by atoms with Crippen LogP contribution in [-0.2, 0) is 13.1 Å². The van der Waals surface area contributed by atoms with Gasteiger partial charge in [0.15, 0.2) is 0 Å². The third kappa shape index (κ3) is 5.35. The minimum absolute atomic E-state index is 0.296. The van der Waals surface area contributed by atoms with Gasteiger partial charge >= 0.3 is 0 Å². The van der Waals surface area contributed by atoms with Crippen molar-refractivity contribution in [2.45, 2.75) is 13.1 Å². The first-order valence-electron chi connectivity index (χ1n) is 9.15. The topological polar surface area (TPSA) is 71.8 Å². The normalized spacial score (nSPS) is 11.1. The molecule has 0 aliphatic carbocycles. The first kappa shape index (κ1) is 20.3. The summed E-state index contributed by atoms with van der Waals surface area (Å²) in [5.41, 5.74) is 0.872. The van der Waals surface area contributed by atoms with Crippen molar-refractivity contribution in [1.82, 2.24) is 14.8 Å². The highest BCUT2D eigenvalue weighted by molar-refractivity contribution is 7.10. The van der Waals surface area contributed by atoms with E-state index in [-0.39, 0.29) is 5.91 Å². The Hall–Kier alpha value is -2.94. The maximum atomic E-state index is 12.8. The van der Waals surface area contributed by atoms with Gasteiger partial charge in [0, 0.05) is 20.9 Å². The Morgan fingerprint density at radius 1 is 1.00 bits per heavy atom. The van der Waals surface area contributed by atoms with Gasteiger partial charge in [-0.1, -0.05) is 35.9 Å². The van der Waals surface area contributed by atoms with E-state index in [1.54, 1.807) is 40.9 Å². The second-order valence-electron chi connectivity index (χ2n) is 6.26. The van der Waals surface area contributed by atoms with E-state index >= 15 is 0 Å². The van der Waals surface area contributed by atoms with Crippen LogP contribution in [0.5, 0.6) is 0 Å². The molecule has 2 N–H and O–H groups in total. The third-order valence-corrected chi connectivity index (χ3v) is 6.11. The average molecular weight is 456 g/mol. The highest BCUT2D eigenvalue weighted by Gasteiger charge is 2.14. The minimum Gasteiger partial charge on any atom is -0.349 e. The van der Waals surface area contributed by atoms with Crippen molar-refractivity contribution in [3.05, 3.63) is 85.7 Å². The number of benzene rings is 1. The monoisotopic (exact) mass is 455 g/mol. The molecule has 0 aliphatic rings. The molecule has 6 nitrogen and oxygen atoms in total. The van der Waals surface area contributed by atoms with Crippen molar-refractivity contribution in [2.75, 3.05) is 10.6 Å². The molecule has 0 fully saturated rings. The van der Waals surface area contributed by atoms with Crippen LogP contribution >= 0.6 is 34.3 Å². The molecule has 0 radical (unpaired) electrons. The van der Waals surface area contributed by atoms with E-state index in [0.29, 0.717) is 30.0 Å². The molecule has 30 heavy (non-hydrogen) atoms. The molecule has 0 aliphatic heterocycles. The van der Waals surface area contributed by atoms with Crippen LogP contribution < -0.4 is 10.6 Å². The van der Waals surface area contributed by atoms with E-state index in [1.165, 1.54) is 10.8 Å². The predicted molar refractivity (Wildman–Crippen MR) is 124 cm³/mol. The fourth-order valence-corrected chi connectivity index (χ4v) is 4.04. The second kappa shape index (κ2) is 9.71. The van der Waals surface area contributed by atoms with Crippen LogP contribution in [-0.4, -0.2) is 20.7 Å². The van der Waals surface area contributed by atoms with Crippen molar-refractivity contribution in [2.24, 2.45) is 0 Å². The number of anilines is 2. The average Bonchev–Trinajstić information content (AvgIpc) is 3.52. The molecule has 152 valence electrons. The Kier molecular flexibility index (Phi) is 6.58. The lowest BCUT2D eigenvalue weighted by Gasteiger charge is -2.04. The van der Waals surface area contributed by atoms with Gasteiger partial charge in [-0.15, -0.1) is 27.8 Å². The van der Waals surface area contributed by atoms with Crippen LogP contribution in [0, 0.1) is 0 Å². The van der Waals surface area contributed by atoms with E-state index in [0.717, 1.165) is 15.3 Å². The third-order valence-electron chi connectivity index (χ3n) is 4.11. The number of hydrogen-bond acceptors (Lipinski definition) is 7. The fraction of sp³-hybridized carbons (Fsp3) is 0.0952. The Morgan fingerprint density at radius 2 is 1.67 bits per heavy atom. The van der Waals surface area contributed by atoms with Gasteiger partial charge in [-0.25, -0.2) is 0 Å². The SMILES string of the molecule is O=C(/C=C/c1ccc(Cl)cc1)n1nc(NCc2cccs2)nc1NCc1cccs1. The van der Waals surface area contributed by atoms with Crippen LogP contribution in [0.2, 0.25) is 5.02 Å². The standard InChI is InChI=1S/C21H18ClN5OS2/c22-16-8-5-15(6-9-16)7-10-19(28)27-21(24-14-18-4-2-12-30-18)25-20(26-27)23-13-17-3-1-11-29-17/h1-12H,13-14H2,(H2,23,24,25,26)/b10-7+. The molecule has 4 aromatic rings. The fourth-order valence-electron chi connectivity index (χ4n) is 2.63. The van der Waals surface area contributed by atoms with Gasteiger partial charge in [-0.3, -0.25) is 4.79 Å². The summed E-state index contributed by atoms with van der Waals surface area (Å²) >= 11 is 9.20. The van der Waals surface area contributed by atoms with Gasteiger partial charge < -0.3 is 10.6 Å². The number of halogens is 1. The summed E-state index contributed by atoms with van der Waals surface area (Å²) in [6.07, 6.45) is 3.19. The van der Waals surface area contributed by atoms with E-state index in [4.69, 9.17) is 11.6 Å². The summed E-state index contributed by atoms with van der Waals surface area (Å²) in [4.78, 5) is 19.6. The number of nitrogens with one attached hydrogen (secondary N) is 2. The number of rotatable bonds is 8. The van der Waals surface area contributed by atoms with Crippen LogP contribution in [0.25, 0.3) is 6.08 Å². The Labute approximate surface area is 186 Å². The lowest BCUT2D eigenvalue weighted by Crippen LogP contribution is -2.14. The van der Waals surface area contributed by atoms with Gasteiger partial charge in [0.2, 0.25) is 11.9 Å². The quantitative estimate of drug-likeness (QED) is 0.337. The highest BCUT2D eigenvalue weighted by atomic mass is 35.5. The summed E-state index contributed by atoms with van der Waals surface area (Å²) < 4.78 is 1.27. The molecule has 0 saturated heterocycles. The van der Waals surface area contributed by atoms with Gasteiger partial charge in [-0.05, 0) is 46.7 Å². The van der Waals surface area contributed by atoms with Crippen LogP contribution in [0.3, 0.4) is 0 Å². The van der Waals surface area contributed by atoms with Gasteiger partial charge in [0.05, 0.1) is 13.1 Å². The van der Waals surface area contributed by atoms with Crippen molar-refractivity contribution < 1.29 is 4.79 Å². The molecule has 0 spiro atoms. The number of thiophene rings is 2. The molecule has 3 aromatic heterocycles. The smallest absolute Gasteiger partial charge is 0.274 e. The van der Waals surface area contributed by atoms with Crippen molar-refractivity contribution in [1.29, 1.82) is 0 Å². The number of carbonyl (C=O) groups excluding carboxylic acids is 1. The van der Waals surface area contributed by atoms with Gasteiger partial charge in [0.25, 0.3) is 5.91 Å². The van der Waals surface area contributed by atoms with Crippen LogP contribution in [0.4, 0.5) is 11.9 Å². The summed E-state index contributed by atoms with van der Waals surface area (Å²) in [7, 11) is 0. The highest BCUT2D eigenvalue weighted by Crippen LogP contribution is 2.16. The van der Waals surface area contributed by atoms with Crippen LogP contribution in [0.1, 0.15) is 20.1 Å². The van der Waals surface area contributed by atoms with Crippen molar-refractivity contribution in [3.63, 3.8) is 0 Å². The molecule has 0 amide bonds. The molecular weight excluding hydrogens is 438 g/mol. The Bertz CT molecular complexity index is 1120. The van der Waals surface area contributed by atoms with E-state index in [9.17, 15) is 4.79 Å². The first-order chi connectivity index (χ1) is 14.7. The number of nitrogens with zero attached hydrogens (tertiary/aromatic N) is 3. The largest absolute Gasteiger partial charge is 0.349 e. The Morgan fingerprint density at radius 3 is 2.30 bits per heavy atom. The zero-order valence-corrected chi connectivity index (χ0v) is 18.2. The molecule has 0 saturated carbocycles. The van der Waals surface area contributed by atoms with Crippen molar-refractivity contribution >= 4 is 58.2 Å². The first-order valence-corrected chi connectivity index (χ1v) is 11.3. The summed E-state index contributed by atoms with van der Waals surface area (Å²) in [5.74, 6) is 0.489. The zero-order chi connectivity index (χ0) is 20.8. The molecule has 3 heterocycles. The number of hydrogen-bond donors (Lipinski definition) is 2. The van der Waals surface area contributed by atoms with Crippen LogP contribution in [0.15, 0.2) is 65.4 Å². The minimum atomic E-state index is -0.296. The van der Waals surface area contributed by atoms with Gasteiger partial charge in [0.1, 0.15) is 0 Å². The number of carbonyl (C=O) groups is 1. The lowest BCUT2D eigenvalue weighted by atomic mass is 10.2. The van der Waals surface area contributed by atoms with Gasteiger partial charge in [-0.2, -0.15) is 9.67 Å². The molecule has 0 unspecified atom stereocenters. The summed E-state index contributed by atoms with van der Waals surface area (Å²) in [5, 5.41) is 15.4. The maximum Gasteiger partial charge on any atom is 0.274 e. The molecule has 1 aromatic carbocycles. The molecular formula is C21H18ClN5OS2. The van der Waals surface area contributed by atoms with E-state index in [2.05, 4.69) is 20.7 Å². The maximum absolute atomic E-state index is 12.8. The summed E-state index contributed by atoms with van der Waals surface area (Å²) in [6, 6.07) is 15.3. The zero-order valence-electron chi connectivity index (χ0n) is 15.8. The molecule has 0 bridgehead atoms. The second-order valence-corrected chi connectivity index (χ2v) is 8.76. The molecule has 9 heteroatoms. The molecule has 4 rings (SSSR count). The predicted octanol–water partition coefficient (Wildman–Crippen LogP) is 5.63. The van der Waals surface area contributed by atoms with E-state index < -0.39 is 0 Å².